The Morgan fingerprint density at radius 2 is 1.75 bits per heavy atom. The van der Waals surface area contributed by atoms with Crippen LogP contribution in [0.1, 0.15) is 5.56 Å². The largest absolute Gasteiger partial charge is 0.323 e. The highest BCUT2D eigenvalue weighted by Crippen LogP contribution is 2.12. The van der Waals surface area contributed by atoms with Crippen molar-refractivity contribution in [2.45, 2.75) is 6.54 Å². The molecule has 4 nitrogen and oxygen atoms in total. The number of rotatable bonds is 4. The Hall–Kier alpha value is -2.40. The third-order valence-corrected chi connectivity index (χ3v) is 2.68. The third-order valence-electron chi connectivity index (χ3n) is 2.68. The van der Waals surface area contributed by atoms with Crippen molar-refractivity contribution in [3.05, 3.63) is 59.9 Å². The molecule has 0 saturated heterocycles. The lowest BCUT2D eigenvalue weighted by atomic mass is 10.2. The summed E-state index contributed by atoms with van der Waals surface area (Å²) in [6.45, 7) is 0.774. The maximum atomic E-state index is 13.0. The van der Waals surface area contributed by atoms with Gasteiger partial charge in [0.1, 0.15) is 5.82 Å². The summed E-state index contributed by atoms with van der Waals surface area (Å²) in [5, 5.41) is 8.30. The Morgan fingerprint density at radius 1 is 1.05 bits per heavy atom. The first kappa shape index (κ1) is 14.0. The van der Waals surface area contributed by atoms with Gasteiger partial charge in [-0.2, -0.15) is 0 Å². The smallest absolute Gasteiger partial charge is 0.316 e. The molecule has 20 heavy (non-hydrogen) atoms. The van der Waals surface area contributed by atoms with Crippen LogP contribution in [0.5, 0.6) is 0 Å². The van der Waals surface area contributed by atoms with E-state index < -0.39 is 6.03 Å². The molecule has 0 aliphatic rings. The third kappa shape index (κ3) is 4.07. The van der Waals surface area contributed by atoms with Gasteiger partial charge < -0.3 is 16.0 Å². The van der Waals surface area contributed by atoms with E-state index in [1.165, 1.54) is 18.2 Å². The molecule has 2 amide bonds. The molecular formula is C15H16FN3O. The maximum absolute atomic E-state index is 13.0. The number of urea groups is 1. The Kier molecular flexibility index (Phi) is 4.68. The normalized spacial score (nSPS) is 10.1. The Labute approximate surface area is 117 Å². The van der Waals surface area contributed by atoms with Gasteiger partial charge in [-0.1, -0.05) is 18.2 Å². The molecule has 3 N–H and O–H groups in total. The van der Waals surface area contributed by atoms with Gasteiger partial charge >= 0.3 is 6.03 Å². The van der Waals surface area contributed by atoms with Crippen LogP contribution in [-0.2, 0) is 6.54 Å². The van der Waals surface area contributed by atoms with Crippen LogP contribution >= 0.6 is 0 Å². The number of amides is 2. The zero-order chi connectivity index (χ0) is 14.4. The SMILES string of the molecule is CNCc1ccc(NC(=O)Nc2cccc(F)c2)cc1. The first-order chi connectivity index (χ1) is 9.67. The number of benzene rings is 2. The lowest BCUT2D eigenvalue weighted by Crippen LogP contribution is -2.19. The van der Waals surface area contributed by atoms with Gasteiger partial charge in [-0.3, -0.25) is 0 Å². The Morgan fingerprint density at radius 3 is 2.40 bits per heavy atom. The number of halogens is 1. The molecule has 0 fully saturated rings. The zero-order valence-electron chi connectivity index (χ0n) is 11.1. The second kappa shape index (κ2) is 6.68. The lowest BCUT2D eigenvalue weighted by Gasteiger charge is -2.08. The van der Waals surface area contributed by atoms with E-state index in [1.54, 1.807) is 6.07 Å². The second-order valence-corrected chi connectivity index (χ2v) is 4.32. The van der Waals surface area contributed by atoms with E-state index in [4.69, 9.17) is 0 Å². The van der Waals surface area contributed by atoms with Gasteiger partial charge in [-0.25, -0.2) is 9.18 Å². The van der Waals surface area contributed by atoms with Gasteiger partial charge in [0.15, 0.2) is 0 Å². The molecule has 0 radical (unpaired) electrons. The van der Waals surface area contributed by atoms with Crippen LogP contribution in [0.4, 0.5) is 20.6 Å². The molecule has 0 bridgehead atoms. The molecule has 104 valence electrons. The summed E-state index contributed by atoms with van der Waals surface area (Å²) < 4.78 is 13.0. The van der Waals surface area contributed by atoms with Gasteiger partial charge in [0, 0.05) is 17.9 Å². The molecule has 2 aromatic carbocycles. The van der Waals surface area contributed by atoms with Crippen molar-refractivity contribution < 1.29 is 9.18 Å². The summed E-state index contributed by atoms with van der Waals surface area (Å²) >= 11 is 0. The second-order valence-electron chi connectivity index (χ2n) is 4.32. The van der Waals surface area contributed by atoms with Gasteiger partial charge in [0.25, 0.3) is 0 Å². The first-order valence-electron chi connectivity index (χ1n) is 6.24. The molecule has 0 spiro atoms. The van der Waals surface area contributed by atoms with E-state index in [2.05, 4.69) is 16.0 Å². The molecule has 0 heterocycles. The number of nitrogens with one attached hydrogen (secondary N) is 3. The number of hydrogen-bond acceptors (Lipinski definition) is 2. The van der Waals surface area contributed by atoms with E-state index in [1.807, 2.05) is 31.3 Å². The average molecular weight is 273 g/mol. The Bertz CT molecular complexity index is 584. The van der Waals surface area contributed by atoms with Crippen LogP contribution in [0.25, 0.3) is 0 Å². The number of carbonyl (C=O) groups excluding carboxylic acids is 1. The molecule has 2 rings (SSSR count). The molecule has 0 atom stereocenters. The van der Waals surface area contributed by atoms with Crippen LogP contribution in [0.15, 0.2) is 48.5 Å². The zero-order valence-corrected chi connectivity index (χ0v) is 11.1. The summed E-state index contributed by atoms with van der Waals surface area (Å²) in [5.74, 6) is -0.390. The van der Waals surface area contributed by atoms with Gasteiger partial charge in [-0.05, 0) is 42.9 Å². The maximum Gasteiger partial charge on any atom is 0.323 e. The lowest BCUT2D eigenvalue weighted by molar-refractivity contribution is 0.262. The molecule has 0 unspecified atom stereocenters. The number of hydrogen-bond donors (Lipinski definition) is 3. The summed E-state index contributed by atoms with van der Waals surface area (Å²) in [7, 11) is 1.87. The predicted octanol–water partition coefficient (Wildman–Crippen LogP) is 3.19. The fraction of sp³-hybridized carbons (Fsp3) is 0.133. The summed E-state index contributed by atoms with van der Waals surface area (Å²) in [6.07, 6.45) is 0. The molecule has 0 saturated carbocycles. The van der Waals surface area contributed by atoms with E-state index in [-0.39, 0.29) is 5.82 Å². The quantitative estimate of drug-likeness (QED) is 0.801. The summed E-state index contributed by atoms with van der Waals surface area (Å²) in [4.78, 5) is 11.7. The van der Waals surface area contributed by atoms with E-state index >= 15 is 0 Å². The molecule has 0 aliphatic heterocycles. The minimum Gasteiger partial charge on any atom is -0.316 e. The van der Waals surface area contributed by atoms with Crippen LogP contribution in [0.3, 0.4) is 0 Å². The molecule has 5 heteroatoms. The van der Waals surface area contributed by atoms with E-state index in [0.29, 0.717) is 11.4 Å². The van der Waals surface area contributed by atoms with Crippen molar-refractivity contribution in [3.8, 4) is 0 Å². The molecule has 2 aromatic rings. The van der Waals surface area contributed by atoms with Crippen molar-refractivity contribution in [2.75, 3.05) is 17.7 Å². The highest BCUT2D eigenvalue weighted by molar-refractivity contribution is 5.99. The average Bonchev–Trinajstić information content (AvgIpc) is 2.41. The standard InChI is InChI=1S/C15H16FN3O/c1-17-10-11-5-7-13(8-6-11)18-15(20)19-14-4-2-3-12(16)9-14/h2-9,17H,10H2,1H3,(H2,18,19,20). The fourth-order valence-corrected chi connectivity index (χ4v) is 1.77. The Balaban J connectivity index is 1.94. The highest BCUT2D eigenvalue weighted by atomic mass is 19.1. The topological polar surface area (TPSA) is 53.2 Å². The first-order valence-corrected chi connectivity index (χ1v) is 6.24. The van der Waals surface area contributed by atoms with E-state index in [0.717, 1.165) is 12.1 Å². The summed E-state index contributed by atoms with van der Waals surface area (Å²) in [6, 6.07) is 12.8. The minimum atomic E-state index is -0.406. The monoisotopic (exact) mass is 273 g/mol. The molecule has 0 aliphatic carbocycles. The number of carbonyl (C=O) groups is 1. The van der Waals surface area contributed by atoms with Crippen molar-refractivity contribution in [1.82, 2.24) is 5.32 Å². The van der Waals surface area contributed by atoms with Gasteiger partial charge in [0.05, 0.1) is 0 Å². The van der Waals surface area contributed by atoms with Crippen molar-refractivity contribution >= 4 is 17.4 Å². The molecular weight excluding hydrogens is 257 g/mol. The molecule has 0 aromatic heterocycles. The van der Waals surface area contributed by atoms with Crippen molar-refractivity contribution in [3.63, 3.8) is 0 Å². The van der Waals surface area contributed by atoms with Gasteiger partial charge in [-0.15, -0.1) is 0 Å². The predicted molar refractivity (Wildman–Crippen MR) is 78.2 cm³/mol. The van der Waals surface area contributed by atoms with Crippen LogP contribution < -0.4 is 16.0 Å². The number of anilines is 2. The van der Waals surface area contributed by atoms with Crippen LogP contribution in [0, 0.1) is 5.82 Å². The summed E-state index contributed by atoms with van der Waals surface area (Å²) in [5.41, 5.74) is 2.22. The van der Waals surface area contributed by atoms with Crippen LogP contribution in [-0.4, -0.2) is 13.1 Å². The van der Waals surface area contributed by atoms with Gasteiger partial charge in [0.2, 0.25) is 0 Å². The van der Waals surface area contributed by atoms with Crippen LogP contribution in [0.2, 0.25) is 0 Å². The van der Waals surface area contributed by atoms with Crippen molar-refractivity contribution in [2.24, 2.45) is 0 Å². The van der Waals surface area contributed by atoms with E-state index in [9.17, 15) is 9.18 Å². The minimum absolute atomic E-state index is 0.390. The fourth-order valence-electron chi connectivity index (χ4n) is 1.77. The highest BCUT2D eigenvalue weighted by Gasteiger charge is 2.03. The van der Waals surface area contributed by atoms with Crippen molar-refractivity contribution in [1.29, 1.82) is 0 Å².